The molecule has 2 rings (SSSR count). The van der Waals surface area contributed by atoms with Crippen LogP contribution in [0.1, 0.15) is 24.2 Å². The van der Waals surface area contributed by atoms with Gasteiger partial charge in [0, 0.05) is 19.6 Å². The van der Waals surface area contributed by atoms with Crippen LogP contribution in [0.15, 0.2) is 24.3 Å². The number of hydrogen-bond acceptors (Lipinski definition) is 3. The van der Waals surface area contributed by atoms with Crippen LogP contribution in [-0.4, -0.2) is 37.0 Å². The molecular formula is C14H21ClN2O2. The van der Waals surface area contributed by atoms with Gasteiger partial charge in [0.15, 0.2) is 6.10 Å². The third-order valence-corrected chi connectivity index (χ3v) is 3.57. The zero-order chi connectivity index (χ0) is 13.1. The number of ether oxygens (including phenoxy) is 1. The van der Waals surface area contributed by atoms with Crippen molar-refractivity contribution < 1.29 is 9.53 Å². The minimum absolute atomic E-state index is 0. The quantitative estimate of drug-likeness (QED) is 0.916. The Bertz CT molecular complexity index is 439. The number of hydrogen-bond donors (Lipinski definition) is 1. The molecule has 4 nitrogen and oxygen atoms in total. The lowest BCUT2D eigenvalue weighted by Crippen LogP contribution is -2.43. The molecular weight excluding hydrogens is 264 g/mol. The normalized spacial score (nSPS) is 19.0. The summed E-state index contributed by atoms with van der Waals surface area (Å²) in [6.45, 7) is 2.99. The maximum absolute atomic E-state index is 12.4. The van der Waals surface area contributed by atoms with Gasteiger partial charge < -0.3 is 15.4 Å². The highest BCUT2D eigenvalue weighted by Gasteiger charge is 2.30. The second-order valence-corrected chi connectivity index (χ2v) is 4.73. The lowest BCUT2D eigenvalue weighted by atomic mass is 9.96. The maximum Gasteiger partial charge on any atom is 0.256 e. The number of carbonyl (C=O) groups excluding carboxylic acids is 1. The van der Waals surface area contributed by atoms with Crippen molar-refractivity contribution in [1.29, 1.82) is 0 Å². The number of carbonyl (C=O) groups is 1. The fourth-order valence-electron chi connectivity index (χ4n) is 2.16. The van der Waals surface area contributed by atoms with Gasteiger partial charge in [-0.05, 0) is 24.5 Å². The van der Waals surface area contributed by atoms with Crippen molar-refractivity contribution in [3.63, 3.8) is 0 Å². The van der Waals surface area contributed by atoms with Gasteiger partial charge in [0.2, 0.25) is 0 Å². The second-order valence-electron chi connectivity index (χ2n) is 4.73. The summed E-state index contributed by atoms with van der Waals surface area (Å²) in [5, 5.41) is 0. The number of rotatable bonds is 3. The van der Waals surface area contributed by atoms with Gasteiger partial charge in [-0.15, -0.1) is 12.4 Å². The smallest absolute Gasteiger partial charge is 0.256 e. The summed E-state index contributed by atoms with van der Waals surface area (Å²) in [6, 6.07) is 8.00. The number of amides is 1. The molecule has 0 saturated heterocycles. The van der Waals surface area contributed by atoms with Crippen LogP contribution in [0.25, 0.3) is 0 Å². The Morgan fingerprint density at radius 1 is 1.53 bits per heavy atom. The molecule has 1 aliphatic heterocycles. The fraction of sp³-hybridized carbons (Fsp3) is 0.500. The number of fused-ring (bicyclic) bond motifs is 1. The Morgan fingerprint density at radius 2 is 2.21 bits per heavy atom. The first-order valence-corrected chi connectivity index (χ1v) is 6.31. The third kappa shape index (κ3) is 3.26. The van der Waals surface area contributed by atoms with Crippen molar-refractivity contribution in [3.05, 3.63) is 35.4 Å². The highest BCUT2D eigenvalue weighted by atomic mass is 35.5. The standard InChI is InChI=1S/C14H20N2O2.ClH/c1-10(9-15)16(2)14(17)13-12-6-4-3-5-11(12)7-8-18-13;/h3-6,10,13H,7-9,15H2,1-2H3;1H. The van der Waals surface area contributed by atoms with Crippen LogP contribution in [0.3, 0.4) is 0 Å². The molecule has 0 fully saturated rings. The largest absolute Gasteiger partial charge is 0.363 e. The summed E-state index contributed by atoms with van der Waals surface area (Å²) >= 11 is 0. The van der Waals surface area contributed by atoms with Crippen LogP contribution in [0.5, 0.6) is 0 Å². The lowest BCUT2D eigenvalue weighted by Gasteiger charge is -2.31. The van der Waals surface area contributed by atoms with Gasteiger partial charge in [-0.25, -0.2) is 0 Å². The minimum Gasteiger partial charge on any atom is -0.363 e. The molecule has 0 spiro atoms. The van der Waals surface area contributed by atoms with Crippen molar-refractivity contribution in [1.82, 2.24) is 4.90 Å². The maximum atomic E-state index is 12.4. The van der Waals surface area contributed by atoms with E-state index in [-0.39, 0.29) is 24.4 Å². The van der Waals surface area contributed by atoms with E-state index in [0.29, 0.717) is 13.2 Å². The molecule has 0 aliphatic carbocycles. The molecule has 1 aliphatic rings. The molecule has 2 atom stereocenters. The average Bonchev–Trinajstić information content (AvgIpc) is 2.44. The van der Waals surface area contributed by atoms with E-state index in [1.54, 1.807) is 11.9 Å². The van der Waals surface area contributed by atoms with E-state index in [1.165, 1.54) is 5.56 Å². The van der Waals surface area contributed by atoms with Crippen molar-refractivity contribution in [2.75, 3.05) is 20.2 Å². The summed E-state index contributed by atoms with van der Waals surface area (Å²) in [4.78, 5) is 14.1. The van der Waals surface area contributed by atoms with Gasteiger partial charge in [-0.1, -0.05) is 24.3 Å². The van der Waals surface area contributed by atoms with Crippen molar-refractivity contribution >= 4 is 18.3 Å². The number of halogens is 1. The molecule has 106 valence electrons. The molecule has 5 heteroatoms. The van der Waals surface area contributed by atoms with Gasteiger partial charge >= 0.3 is 0 Å². The molecule has 0 saturated carbocycles. The van der Waals surface area contributed by atoms with Crippen molar-refractivity contribution in [2.24, 2.45) is 5.73 Å². The van der Waals surface area contributed by atoms with E-state index in [4.69, 9.17) is 10.5 Å². The van der Waals surface area contributed by atoms with Crippen molar-refractivity contribution in [3.8, 4) is 0 Å². The van der Waals surface area contributed by atoms with E-state index in [2.05, 4.69) is 6.07 Å². The molecule has 19 heavy (non-hydrogen) atoms. The zero-order valence-corrected chi connectivity index (χ0v) is 12.2. The average molecular weight is 285 g/mol. The Hall–Kier alpha value is -1.10. The van der Waals surface area contributed by atoms with Crippen molar-refractivity contribution in [2.45, 2.75) is 25.5 Å². The first kappa shape index (κ1) is 16.0. The number of benzene rings is 1. The van der Waals surface area contributed by atoms with E-state index in [9.17, 15) is 4.79 Å². The molecule has 1 aromatic carbocycles. The van der Waals surface area contributed by atoms with Gasteiger partial charge in [0.25, 0.3) is 5.91 Å². The minimum atomic E-state index is -0.478. The predicted molar refractivity (Wildman–Crippen MR) is 77.4 cm³/mol. The highest BCUT2D eigenvalue weighted by Crippen LogP contribution is 2.28. The highest BCUT2D eigenvalue weighted by molar-refractivity contribution is 5.85. The molecule has 0 bridgehead atoms. The fourth-order valence-corrected chi connectivity index (χ4v) is 2.16. The van der Waals surface area contributed by atoms with Crippen LogP contribution >= 0.6 is 12.4 Å². The number of likely N-dealkylation sites (N-methyl/N-ethyl adjacent to an activating group) is 1. The van der Waals surface area contributed by atoms with E-state index < -0.39 is 6.10 Å². The van der Waals surface area contributed by atoms with Crippen LogP contribution in [0.4, 0.5) is 0 Å². The van der Waals surface area contributed by atoms with Crippen LogP contribution in [-0.2, 0) is 16.0 Å². The van der Waals surface area contributed by atoms with Gasteiger partial charge in [0.1, 0.15) is 0 Å². The van der Waals surface area contributed by atoms with Crippen LogP contribution in [0.2, 0.25) is 0 Å². The molecule has 1 heterocycles. The lowest BCUT2D eigenvalue weighted by molar-refractivity contribution is -0.145. The predicted octanol–water partition coefficient (Wildman–Crippen LogP) is 1.53. The molecule has 2 N–H and O–H groups in total. The first-order chi connectivity index (χ1) is 8.65. The summed E-state index contributed by atoms with van der Waals surface area (Å²) in [5.74, 6) is -0.0138. The Balaban J connectivity index is 0.00000180. The molecule has 0 radical (unpaired) electrons. The third-order valence-electron chi connectivity index (χ3n) is 3.57. The van der Waals surface area contributed by atoms with Crippen LogP contribution in [0, 0.1) is 0 Å². The number of nitrogens with two attached hydrogens (primary N) is 1. The molecule has 1 amide bonds. The topological polar surface area (TPSA) is 55.6 Å². The van der Waals surface area contributed by atoms with Gasteiger partial charge in [-0.3, -0.25) is 4.79 Å². The molecule has 2 unspecified atom stereocenters. The van der Waals surface area contributed by atoms with E-state index in [0.717, 1.165) is 12.0 Å². The monoisotopic (exact) mass is 284 g/mol. The summed E-state index contributed by atoms with van der Waals surface area (Å²) in [5.41, 5.74) is 7.80. The Labute approximate surface area is 120 Å². The summed E-state index contributed by atoms with van der Waals surface area (Å²) < 4.78 is 5.65. The Morgan fingerprint density at radius 3 is 2.89 bits per heavy atom. The number of nitrogens with zero attached hydrogens (tertiary/aromatic N) is 1. The van der Waals surface area contributed by atoms with Crippen LogP contribution < -0.4 is 5.73 Å². The van der Waals surface area contributed by atoms with E-state index >= 15 is 0 Å². The molecule has 1 aromatic rings. The SMILES string of the molecule is CC(CN)N(C)C(=O)C1OCCc2ccccc21.Cl. The summed E-state index contributed by atoms with van der Waals surface area (Å²) in [7, 11) is 1.78. The summed E-state index contributed by atoms with van der Waals surface area (Å²) in [6.07, 6.45) is 0.393. The van der Waals surface area contributed by atoms with E-state index in [1.807, 2.05) is 25.1 Å². The zero-order valence-electron chi connectivity index (χ0n) is 11.3. The molecule has 0 aromatic heterocycles. The first-order valence-electron chi connectivity index (χ1n) is 6.31. The van der Waals surface area contributed by atoms with Gasteiger partial charge in [0.05, 0.1) is 6.61 Å². The van der Waals surface area contributed by atoms with Gasteiger partial charge in [-0.2, -0.15) is 0 Å². The Kier molecular flexibility index (Phi) is 5.79. The second kappa shape index (κ2) is 6.89.